The minimum Gasteiger partial charge on any atom is -0.872 e. The van der Waals surface area contributed by atoms with Crippen LogP contribution in [-0.2, 0) is 38.0 Å². The zero-order valence-corrected chi connectivity index (χ0v) is 34.2. The molecule has 0 amide bonds. The molecule has 17 nitrogen and oxygen atoms in total. The number of methoxy groups -OCH3 is 1. The molecule has 0 aromatic heterocycles. The first kappa shape index (κ1) is 43.5. The van der Waals surface area contributed by atoms with Crippen molar-refractivity contribution in [3.05, 3.63) is 57.6 Å². The highest BCUT2D eigenvalue weighted by Crippen LogP contribution is 2.53. The third-order valence-corrected chi connectivity index (χ3v) is 12.8. The number of aromatic hydroxyl groups is 1. The molecule has 0 radical (unpaired) electrons. The number of fused-ring (bicyclic) bond motifs is 3. The largest absolute Gasteiger partial charge is 0.872 e. The molecule has 5 aliphatic rings. The van der Waals surface area contributed by atoms with Crippen LogP contribution in [0.5, 0.6) is 11.5 Å². The number of nitrogens with one attached hydrogen (secondary N) is 1. The summed E-state index contributed by atoms with van der Waals surface area (Å²) in [5.41, 5.74) is -2.97. The number of rotatable bonds is 9. The van der Waals surface area contributed by atoms with Crippen molar-refractivity contribution in [2.24, 2.45) is 0 Å². The van der Waals surface area contributed by atoms with Gasteiger partial charge in [-0.15, -0.1) is 0 Å². The average molecular weight is 830 g/mol. The number of ether oxygens (including phenoxy) is 7. The number of ketones is 2. The fourth-order valence-electron chi connectivity index (χ4n) is 9.52. The number of esters is 1. The van der Waals surface area contributed by atoms with Crippen LogP contribution in [0.4, 0.5) is 0 Å². The van der Waals surface area contributed by atoms with Crippen molar-refractivity contribution in [2.45, 2.75) is 151 Å². The van der Waals surface area contributed by atoms with Crippen molar-refractivity contribution in [3.63, 3.8) is 0 Å². The predicted octanol–water partition coefficient (Wildman–Crippen LogP) is -0.129. The van der Waals surface area contributed by atoms with E-state index in [0.717, 1.165) is 12.0 Å². The molecule has 3 saturated heterocycles. The fourth-order valence-corrected chi connectivity index (χ4v) is 9.52. The second-order valence-corrected chi connectivity index (χ2v) is 16.8. The lowest BCUT2D eigenvalue weighted by Crippen LogP contribution is -3.12. The van der Waals surface area contributed by atoms with Crippen LogP contribution in [0.1, 0.15) is 115 Å². The first-order valence-electron chi connectivity index (χ1n) is 20.2. The number of carbonyl (C=O) groups is 3. The number of phenols is 1. The zero-order chi connectivity index (χ0) is 42.8. The lowest BCUT2D eigenvalue weighted by molar-refractivity contribution is -0.894. The number of likely N-dealkylation sites (N-methyl/N-ethyl adjacent to an activating group) is 1. The van der Waals surface area contributed by atoms with Crippen molar-refractivity contribution in [3.8, 4) is 11.5 Å². The van der Waals surface area contributed by atoms with E-state index in [1.807, 2.05) is 14.1 Å². The molecule has 3 fully saturated rings. The highest BCUT2D eigenvalue weighted by atomic mass is 16.7. The Bertz CT molecular complexity index is 1920. The molecule has 0 bridgehead atoms. The third-order valence-electron chi connectivity index (χ3n) is 12.8. The van der Waals surface area contributed by atoms with Crippen LogP contribution in [-0.4, -0.2) is 144 Å². The van der Waals surface area contributed by atoms with E-state index in [-0.39, 0.29) is 66.0 Å². The lowest BCUT2D eigenvalue weighted by Gasteiger charge is -2.48. The SMILES string of the molecule is CC[C@@]1(O)C[C@H](O[C@H]2C[C@H]([NH+](C)C)[C@H](O[C@H]3C[C@H](O)[C@H](O[C@H]4C[C@H](O)[C@H](O)[C@H](C)O4)[C@H](C)O3)[C@H](C)O2)c2c(cc3c(c2[O-])C(=O)c2c(O)cccc2C3=O)[C@H]1C(=O)OC. The normalized spacial score (nSPS) is 38.4. The van der Waals surface area contributed by atoms with Gasteiger partial charge < -0.3 is 68.7 Å². The Labute approximate surface area is 341 Å². The van der Waals surface area contributed by atoms with Crippen LogP contribution >= 0.6 is 0 Å². The molecule has 324 valence electrons. The van der Waals surface area contributed by atoms with Gasteiger partial charge in [0.15, 0.2) is 30.4 Å². The first-order chi connectivity index (χ1) is 27.9. The van der Waals surface area contributed by atoms with Gasteiger partial charge >= 0.3 is 5.97 Å². The molecule has 0 saturated carbocycles. The molecule has 17 heteroatoms. The summed E-state index contributed by atoms with van der Waals surface area (Å²) < 4.78 is 42.5. The van der Waals surface area contributed by atoms with E-state index in [1.54, 1.807) is 27.7 Å². The summed E-state index contributed by atoms with van der Waals surface area (Å²) in [4.78, 5) is 42.1. The van der Waals surface area contributed by atoms with Gasteiger partial charge in [0.25, 0.3) is 0 Å². The molecule has 0 unspecified atom stereocenters. The molecular weight excluding hydrogens is 774 g/mol. The van der Waals surface area contributed by atoms with Gasteiger partial charge in [0.2, 0.25) is 0 Å². The minimum absolute atomic E-state index is 0.00791. The van der Waals surface area contributed by atoms with E-state index in [2.05, 4.69) is 0 Å². The van der Waals surface area contributed by atoms with Crippen molar-refractivity contribution < 1.29 is 83.1 Å². The molecular formula is C42H55NO16. The van der Waals surface area contributed by atoms with E-state index >= 15 is 0 Å². The van der Waals surface area contributed by atoms with Crippen molar-refractivity contribution in [1.82, 2.24) is 0 Å². The number of hydrogen-bond donors (Lipinski definition) is 6. The molecule has 0 spiro atoms. The molecule has 15 atom stereocenters. The van der Waals surface area contributed by atoms with Gasteiger partial charge in [-0.1, -0.05) is 24.8 Å². The Hall–Kier alpha value is -3.59. The van der Waals surface area contributed by atoms with E-state index in [4.69, 9.17) is 33.2 Å². The summed E-state index contributed by atoms with van der Waals surface area (Å²) in [7, 11) is 5.02. The molecule has 7 rings (SSSR count). The van der Waals surface area contributed by atoms with Crippen molar-refractivity contribution in [2.75, 3.05) is 21.2 Å². The van der Waals surface area contributed by atoms with Crippen LogP contribution < -0.4 is 10.0 Å². The molecule has 2 aromatic carbocycles. The van der Waals surface area contributed by atoms with Gasteiger partial charge in [-0.3, -0.25) is 14.4 Å². The Kier molecular flexibility index (Phi) is 12.3. The van der Waals surface area contributed by atoms with Gasteiger partial charge in [-0.05, 0) is 50.5 Å². The number of aliphatic hydroxyl groups is 4. The second kappa shape index (κ2) is 16.7. The molecule has 2 aromatic rings. The standard InChI is InChI=1S/C42H55NO16/c1-8-42(52)16-27(32-21(34(42)41(51)53-7)12-22-33(38(32)50)37(49)31-20(36(22)48)10-9-11-24(31)44)57-28-13-23(43(5)6)39(18(3)55-28)58-30-15-26(46)40(19(4)56-30)59-29-14-25(45)35(47)17(2)54-29/h9-12,17-19,23,25-30,34-35,39-40,44-47,50,52H,8,13-16H2,1-7H3/t17-,18-,19-,23-,25-,26-,27-,28-,29-,30-,34-,35+,39+,40+,42+/m0/s1. The number of hydrogen-bond acceptors (Lipinski definition) is 16. The molecule has 59 heavy (non-hydrogen) atoms. The van der Waals surface area contributed by atoms with Gasteiger partial charge in [0, 0.05) is 36.0 Å². The number of benzene rings is 2. The van der Waals surface area contributed by atoms with Crippen LogP contribution in [0, 0.1) is 0 Å². The minimum atomic E-state index is -1.79. The van der Waals surface area contributed by atoms with E-state index < -0.39 is 120 Å². The maximum absolute atomic E-state index is 14.6. The number of carbonyl (C=O) groups excluding carboxylic acids is 3. The lowest BCUT2D eigenvalue weighted by atomic mass is 9.67. The van der Waals surface area contributed by atoms with Crippen LogP contribution in [0.25, 0.3) is 0 Å². The summed E-state index contributed by atoms with van der Waals surface area (Å²) in [6.07, 6.45) is -10.2. The predicted molar refractivity (Wildman–Crippen MR) is 201 cm³/mol. The fraction of sp³-hybridized carbons (Fsp3) is 0.643. The topological polar surface area (TPSA) is 244 Å². The van der Waals surface area contributed by atoms with Crippen LogP contribution in [0.2, 0.25) is 0 Å². The Morgan fingerprint density at radius 2 is 1.47 bits per heavy atom. The Morgan fingerprint density at radius 3 is 2.08 bits per heavy atom. The van der Waals surface area contributed by atoms with E-state index in [9.17, 15) is 45.0 Å². The summed E-state index contributed by atoms with van der Waals surface area (Å²) in [5.74, 6) is -5.07. The van der Waals surface area contributed by atoms with Crippen molar-refractivity contribution >= 4 is 17.5 Å². The summed E-state index contributed by atoms with van der Waals surface area (Å²) in [6, 6.07) is 5.04. The van der Waals surface area contributed by atoms with Crippen LogP contribution in [0.15, 0.2) is 24.3 Å². The second-order valence-electron chi connectivity index (χ2n) is 16.8. The van der Waals surface area contributed by atoms with Gasteiger partial charge in [0.1, 0.15) is 36.0 Å². The van der Waals surface area contributed by atoms with Gasteiger partial charge in [-0.2, -0.15) is 0 Å². The molecule has 6 N–H and O–H groups in total. The maximum atomic E-state index is 14.6. The Balaban J connectivity index is 1.13. The zero-order valence-electron chi connectivity index (χ0n) is 34.2. The number of phenolic OH excluding ortho intramolecular Hbond substituents is 1. The molecule has 3 heterocycles. The van der Waals surface area contributed by atoms with Gasteiger partial charge in [0.05, 0.1) is 75.4 Å². The Morgan fingerprint density at radius 1 is 0.864 bits per heavy atom. The van der Waals surface area contributed by atoms with E-state index in [1.165, 1.54) is 24.3 Å². The highest BCUT2D eigenvalue weighted by molar-refractivity contribution is 6.30. The monoisotopic (exact) mass is 829 g/mol. The first-order valence-corrected chi connectivity index (χ1v) is 20.2. The van der Waals surface area contributed by atoms with Crippen LogP contribution in [0.3, 0.4) is 0 Å². The average Bonchev–Trinajstić information content (AvgIpc) is 3.17. The van der Waals surface area contributed by atoms with E-state index in [0.29, 0.717) is 0 Å². The summed E-state index contributed by atoms with van der Waals surface area (Å²) >= 11 is 0. The molecule has 2 aliphatic carbocycles. The van der Waals surface area contributed by atoms with Gasteiger partial charge in [-0.25, -0.2) is 0 Å². The molecule has 3 aliphatic heterocycles. The third kappa shape index (κ3) is 7.80. The van der Waals surface area contributed by atoms with Crippen molar-refractivity contribution in [1.29, 1.82) is 0 Å². The maximum Gasteiger partial charge on any atom is 0.316 e. The highest BCUT2D eigenvalue weighted by Gasteiger charge is 2.53. The number of quaternary nitrogens is 1. The number of aliphatic hydroxyl groups excluding tert-OH is 3. The summed E-state index contributed by atoms with van der Waals surface area (Å²) in [5, 5.41) is 68.7. The quantitative estimate of drug-likeness (QED) is 0.154. The summed E-state index contributed by atoms with van der Waals surface area (Å²) in [6.45, 7) is 6.83. The smallest absolute Gasteiger partial charge is 0.316 e.